The van der Waals surface area contributed by atoms with Gasteiger partial charge in [-0.1, -0.05) is 0 Å². The van der Waals surface area contributed by atoms with Crippen molar-refractivity contribution in [2.24, 2.45) is 0 Å². The molecule has 0 bridgehead atoms. The van der Waals surface area contributed by atoms with E-state index in [1.807, 2.05) is 30.3 Å². The number of hydrogen-bond donors (Lipinski definition) is 0. The second-order valence-corrected chi connectivity index (χ2v) is 1.69. The van der Waals surface area contributed by atoms with Crippen LogP contribution in [0.15, 0.2) is 30.3 Å². The second-order valence-electron chi connectivity index (χ2n) is 1.40. The van der Waals surface area contributed by atoms with E-state index in [9.17, 15) is 0 Å². The number of hydrogen-bond acceptors (Lipinski definition) is 1. The molecule has 1 nitrogen and oxygen atoms in total. The zero-order chi connectivity index (χ0) is 5.82. The third-order valence-electron chi connectivity index (χ3n) is 0.849. The molecule has 0 aliphatic rings. The van der Waals surface area contributed by atoms with Crippen molar-refractivity contribution in [1.29, 1.82) is 0 Å². The number of benzene rings is 1. The van der Waals surface area contributed by atoms with Crippen LogP contribution in [0.25, 0.3) is 0 Å². The third kappa shape index (κ3) is 6.86. The minimum atomic E-state index is 0. The SMILES string of the molecule is Cl.Cl.Cl.[V][O]c1ccccc1. The summed E-state index contributed by atoms with van der Waals surface area (Å²) < 4.78 is 4.85. The van der Waals surface area contributed by atoms with E-state index in [0.29, 0.717) is 0 Å². The van der Waals surface area contributed by atoms with E-state index in [-0.39, 0.29) is 37.2 Å². The summed E-state index contributed by atoms with van der Waals surface area (Å²) in [5.41, 5.74) is 0. The Morgan fingerprint density at radius 1 is 0.909 bits per heavy atom. The van der Waals surface area contributed by atoms with Crippen molar-refractivity contribution >= 4 is 37.2 Å². The molecule has 0 atom stereocenters. The molecule has 0 N–H and O–H groups in total. The first kappa shape index (κ1) is 17.5. The van der Waals surface area contributed by atoms with Gasteiger partial charge in [-0.25, -0.2) is 0 Å². The van der Waals surface area contributed by atoms with Crippen molar-refractivity contribution < 1.29 is 21.4 Å². The normalized spacial score (nSPS) is 6.18. The molecule has 1 rings (SSSR count). The van der Waals surface area contributed by atoms with Crippen LogP contribution in [-0.2, 0) is 17.8 Å². The van der Waals surface area contributed by atoms with Gasteiger partial charge in [0.1, 0.15) is 0 Å². The van der Waals surface area contributed by atoms with Crippen LogP contribution < -0.4 is 3.66 Å². The van der Waals surface area contributed by atoms with E-state index in [1.165, 1.54) is 0 Å². The summed E-state index contributed by atoms with van der Waals surface area (Å²) in [5.74, 6) is 0.882. The van der Waals surface area contributed by atoms with Crippen LogP contribution in [0.1, 0.15) is 0 Å². The van der Waals surface area contributed by atoms with Crippen molar-refractivity contribution in [2.75, 3.05) is 0 Å². The maximum absolute atomic E-state index is 4.85. The molecule has 0 amide bonds. The fourth-order valence-corrected chi connectivity index (χ4v) is 0.671. The molecule has 0 unspecified atom stereocenters. The molecule has 11 heavy (non-hydrogen) atoms. The van der Waals surface area contributed by atoms with Gasteiger partial charge >= 0.3 is 57.5 Å². The molecule has 0 fully saturated rings. The minimum absolute atomic E-state index is 0. The van der Waals surface area contributed by atoms with Gasteiger partial charge in [-0.2, -0.15) is 0 Å². The molecule has 0 radical (unpaired) electrons. The van der Waals surface area contributed by atoms with E-state index < -0.39 is 0 Å². The van der Waals surface area contributed by atoms with Crippen molar-refractivity contribution in [3.8, 4) is 5.75 Å². The average Bonchev–Trinajstić information content (AvgIpc) is 1.90. The van der Waals surface area contributed by atoms with Gasteiger partial charge in [-0.3, -0.25) is 0 Å². The molecule has 0 aliphatic carbocycles. The molecule has 0 saturated carbocycles. The summed E-state index contributed by atoms with van der Waals surface area (Å²) in [4.78, 5) is 0. The van der Waals surface area contributed by atoms with E-state index in [4.69, 9.17) is 3.66 Å². The van der Waals surface area contributed by atoms with E-state index in [1.54, 1.807) is 0 Å². The first-order chi connectivity index (χ1) is 3.93. The zero-order valence-corrected chi connectivity index (χ0v) is 9.31. The van der Waals surface area contributed by atoms with E-state index >= 15 is 0 Å². The first-order valence-electron chi connectivity index (χ1n) is 2.30. The molecule has 0 saturated heterocycles. The monoisotopic (exact) mass is 252 g/mol. The quantitative estimate of drug-likeness (QED) is 0.748. The molecule has 64 valence electrons. The van der Waals surface area contributed by atoms with Crippen LogP contribution in [0.4, 0.5) is 0 Å². The molecule has 0 aliphatic heterocycles. The van der Waals surface area contributed by atoms with Crippen molar-refractivity contribution in [2.45, 2.75) is 0 Å². The van der Waals surface area contributed by atoms with Crippen LogP contribution in [0.3, 0.4) is 0 Å². The molecule has 0 spiro atoms. The van der Waals surface area contributed by atoms with E-state index in [2.05, 4.69) is 17.8 Å². The average molecular weight is 253 g/mol. The summed E-state index contributed by atoms with van der Waals surface area (Å²) in [7, 11) is 0. The van der Waals surface area contributed by atoms with Gasteiger partial charge in [-0.15, -0.1) is 37.2 Å². The molecule has 1 aromatic carbocycles. The number of rotatable bonds is 1. The Labute approximate surface area is 94.5 Å². The van der Waals surface area contributed by atoms with Gasteiger partial charge in [-0.05, 0) is 0 Å². The number of halogens is 3. The summed E-state index contributed by atoms with van der Waals surface area (Å²) in [5, 5.41) is 0. The summed E-state index contributed by atoms with van der Waals surface area (Å²) in [6.45, 7) is 0. The van der Waals surface area contributed by atoms with Crippen LogP contribution in [0, 0.1) is 0 Å². The molecular formula is C6H8Cl3OV. The summed E-state index contributed by atoms with van der Waals surface area (Å²) in [6.07, 6.45) is 0. The predicted molar refractivity (Wildman–Crippen MR) is 48.8 cm³/mol. The van der Waals surface area contributed by atoms with Crippen molar-refractivity contribution in [1.82, 2.24) is 0 Å². The Morgan fingerprint density at radius 2 is 1.36 bits per heavy atom. The molecule has 5 heteroatoms. The summed E-state index contributed by atoms with van der Waals surface area (Å²) in [6, 6.07) is 9.62. The van der Waals surface area contributed by atoms with Gasteiger partial charge in [0.2, 0.25) is 0 Å². The summed E-state index contributed by atoms with van der Waals surface area (Å²) >= 11 is 2.06. The zero-order valence-electron chi connectivity index (χ0n) is 5.47. The predicted octanol–water partition coefficient (Wildman–Crippen LogP) is 2.79. The van der Waals surface area contributed by atoms with Crippen LogP contribution in [0.2, 0.25) is 0 Å². The Morgan fingerprint density at radius 3 is 1.64 bits per heavy atom. The van der Waals surface area contributed by atoms with Gasteiger partial charge in [0, 0.05) is 0 Å². The Hall–Kier alpha value is 0.474. The maximum atomic E-state index is 4.85. The Balaban J connectivity index is -0.000000213. The molecule has 1 aromatic rings. The topological polar surface area (TPSA) is 9.23 Å². The van der Waals surface area contributed by atoms with Crippen LogP contribution in [-0.4, -0.2) is 0 Å². The standard InChI is InChI=1S/C6H6O.3ClH.V/c7-6-4-2-1-3-5-6;;;;/h1-5,7H;3*1H;/q;;;;+1/p-1. The van der Waals surface area contributed by atoms with Crippen LogP contribution in [0.5, 0.6) is 5.75 Å². The fraction of sp³-hybridized carbons (Fsp3) is 0. The molecule has 0 heterocycles. The van der Waals surface area contributed by atoms with E-state index in [0.717, 1.165) is 5.75 Å². The van der Waals surface area contributed by atoms with Gasteiger partial charge in [0.15, 0.2) is 0 Å². The third-order valence-corrected chi connectivity index (χ3v) is 1.18. The van der Waals surface area contributed by atoms with Crippen molar-refractivity contribution in [3.05, 3.63) is 30.3 Å². The van der Waals surface area contributed by atoms with Crippen LogP contribution >= 0.6 is 37.2 Å². The molecular weight excluding hydrogens is 245 g/mol. The second kappa shape index (κ2) is 10.5. The number of para-hydroxylation sites is 1. The molecule has 0 aromatic heterocycles. The Bertz CT molecular complexity index is 159. The van der Waals surface area contributed by atoms with Crippen molar-refractivity contribution in [3.63, 3.8) is 0 Å². The fourth-order valence-electron chi connectivity index (χ4n) is 0.481. The Kier molecular flexibility index (Phi) is 16.7. The van der Waals surface area contributed by atoms with Gasteiger partial charge < -0.3 is 0 Å². The van der Waals surface area contributed by atoms with Gasteiger partial charge in [0.05, 0.1) is 0 Å². The first-order valence-corrected chi connectivity index (χ1v) is 2.87. The van der Waals surface area contributed by atoms with Gasteiger partial charge in [0.25, 0.3) is 0 Å².